The molecule has 0 amide bonds. The Kier molecular flexibility index (Phi) is 3.25. The zero-order valence-electron chi connectivity index (χ0n) is 11.4. The van der Waals surface area contributed by atoms with Crippen LogP contribution < -0.4 is 0 Å². The largest absolute Gasteiger partial charge is 0.368 e. The lowest BCUT2D eigenvalue weighted by atomic mass is 9.83. The van der Waals surface area contributed by atoms with E-state index in [1.165, 1.54) is 0 Å². The molecule has 0 radical (unpaired) electrons. The van der Waals surface area contributed by atoms with Gasteiger partial charge in [-0.2, -0.15) is 0 Å². The van der Waals surface area contributed by atoms with Crippen LogP contribution in [0.15, 0.2) is 66.7 Å². The Morgan fingerprint density at radius 1 is 0.950 bits per heavy atom. The maximum Gasteiger partial charge on any atom is 0.159 e. The number of carbonyl (C=O) groups is 1. The first-order valence-corrected chi connectivity index (χ1v) is 6.67. The fourth-order valence-corrected chi connectivity index (χ4v) is 2.87. The van der Waals surface area contributed by atoms with Crippen molar-refractivity contribution in [2.24, 2.45) is 0 Å². The van der Waals surface area contributed by atoms with Gasteiger partial charge in [-0.1, -0.05) is 60.7 Å². The summed E-state index contributed by atoms with van der Waals surface area (Å²) >= 11 is 0. The molecule has 0 fully saturated rings. The molecule has 2 aromatic carbocycles. The summed E-state index contributed by atoms with van der Waals surface area (Å²) in [6, 6.07) is 19.9. The molecule has 100 valence electrons. The lowest BCUT2D eigenvalue weighted by Gasteiger charge is -2.31. The third-order valence-corrected chi connectivity index (χ3v) is 3.84. The van der Waals surface area contributed by atoms with E-state index in [1.54, 1.807) is 13.2 Å². The molecule has 2 aromatic rings. The molecule has 0 bridgehead atoms. The van der Waals surface area contributed by atoms with Crippen LogP contribution in [-0.4, -0.2) is 12.9 Å². The van der Waals surface area contributed by atoms with E-state index < -0.39 is 5.60 Å². The summed E-state index contributed by atoms with van der Waals surface area (Å²) in [7, 11) is 1.67. The third-order valence-electron chi connectivity index (χ3n) is 3.84. The molecule has 20 heavy (non-hydrogen) atoms. The first-order chi connectivity index (χ1) is 9.76. The van der Waals surface area contributed by atoms with Gasteiger partial charge in [0.05, 0.1) is 0 Å². The number of allylic oxidation sites excluding steroid dienone is 1. The summed E-state index contributed by atoms with van der Waals surface area (Å²) in [5, 5.41) is 0. The van der Waals surface area contributed by atoms with Crippen LogP contribution in [0.5, 0.6) is 0 Å². The fraction of sp³-hybridized carbons (Fsp3) is 0.167. The van der Waals surface area contributed by atoms with Crippen molar-refractivity contribution < 1.29 is 9.53 Å². The van der Waals surface area contributed by atoms with Crippen molar-refractivity contribution in [3.63, 3.8) is 0 Å². The third kappa shape index (κ3) is 1.98. The Balaban J connectivity index is 2.16. The highest BCUT2D eigenvalue weighted by Crippen LogP contribution is 2.46. The molecular weight excluding hydrogens is 248 g/mol. The Hall–Kier alpha value is -2.19. The van der Waals surface area contributed by atoms with E-state index in [1.807, 2.05) is 60.7 Å². The van der Waals surface area contributed by atoms with Gasteiger partial charge in [0.15, 0.2) is 5.78 Å². The average Bonchev–Trinajstić information content (AvgIpc) is 2.87. The number of ether oxygens (including phenoxy) is 1. The molecule has 0 N–H and O–H groups in total. The van der Waals surface area contributed by atoms with Gasteiger partial charge in [-0.25, -0.2) is 0 Å². The second-order valence-electron chi connectivity index (χ2n) is 4.96. The van der Waals surface area contributed by atoms with Crippen LogP contribution in [0.2, 0.25) is 0 Å². The topological polar surface area (TPSA) is 26.3 Å². The molecule has 0 saturated carbocycles. The van der Waals surface area contributed by atoms with Gasteiger partial charge < -0.3 is 4.74 Å². The number of hydrogen-bond donors (Lipinski definition) is 0. The van der Waals surface area contributed by atoms with Gasteiger partial charge in [0.1, 0.15) is 5.60 Å². The van der Waals surface area contributed by atoms with Crippen molar-refractivity contribution in [1.29, 1.82) is 0 Å². The zero-order valence-corrected chi connectivity index (χ0v) is 11.4. The van der Waals surface area contributed by atoms with Crippen molar-refractivity contribution in [1.82, 2.24) is 0 Å². The summed E-state index contributed by atoms with van der Waals surface area (Å²) < 4.78 is 5.83. The molecule has 1 unspecified atom stereocenters. The van der Waals surface area contributed by atoms with Crippen LogP contribution in [0.4, 0.5) is 0 Å². The van der Waals surface area contributed by atoms with Gasteiger partial charge in [-0.3, -0.25) is 4.79 Å². The molecule has 0 heterocycles. The standard InChI is InChI=1S/C18H16O2/c1-20-18(15-10-6-3-7-11-15)13-16(19)12-17(18)14-8-4-2-5-9-14/h2-12H,13H2,1H3. The van der Waals surface area contributed by atoms with Crippen LogP contribution in [0.1, 0.15) is 17.5 Å². The quantitative estimate of drug-likeness (QED) is 0.847. The maximum atomic E-state index is 12.0. The normalized spacial score (nSPS) is 21.9. The van der Waals surface area contributed by atoms with Gasteiger partial charge in [-0.05, 0) is 22.8 Å². The predicted octanol–water partition coefficient (Wildman–Crippen LogP) is 3.58. The summed E-state index contributed by atoms with van der Waals surface area (Å²) in [4.78, 5) is 12.0. The van der Waals surface area contributed by atoms with E-state index in [4.69, 9.17) is 4.74 Å². The van der Waals surface area contributed by atoms with Crippen LogP contribution in [0, 0.1) is 0 Å². The summed E-state index contributed by atoms with van der Waals surface area (Å²) in [5.41, 5.74) is 2.32. The smallest absolute Gasteiger partial charge is 0.159 e. The van der Waals surface area contributed by atoms with Crippen molar-refractivity contribution in [3.05, 3.63) is 77.9 Å². The molecular formula is C18H16O2. The lowest BCUT2D eigenvalue weighted by molar-refractivity contribution is -0.117. The minimum absolute atomic E-state index is 0.106. The van der Waals surface area contributed by atoms with Crippen LogP contribution in [0.25, 0.3) is 5.57 Å². The van der Waals surface area contributed by atoms with E-state index in [-0.39, 0.29) is 5.78 Å². The molecule has 1 atom stereocenters. The predicted molar refractivity (Wildman–Crippen MR) is 79.2 cm³/mol. The van der Waals surface area contributed by atoms with Crippen molar-refractivity contribution in [3.8, 4) is 0 Å². The Labute approximate surface area is 118 Å². The van der Waals surface area contributed by atoms with E-state index >= 15 is 0 Å². The number of ketones is 1. The van der Waals surface area contributed by atoms with Crippen LogP contribution in [-0.2, 0) is 15.1 Å². The van der Waals surface area contributed by atoms with Gasteiger partial charge in [0.2, 0.25) is 0 Å². The minimum Gasteiger partial charge on any atom is -0.368 e. The molecule has 2 nitrogen and oxygen atoms in total. The Morgan fingerprint density at radius 2 is 1.55 bits per heavy atom. The molecule has 0 saturated heterocycles. The maximum absolute atomic E-state index is 12.0. The zero-order chi connectivity index (χ0) is 14.0. The first kappa shape index (κ1) is 12.8. The lowest BCUT2D eigenvalue weighted by Crippen LogP contribution is -2.28. The SMILES string of the molecule is COC1(c2ccccc2)CC(=O)C=C1c1ccccc1. The van der Waals surface area contributed by atoms with Crippen molar-refractivity contribution in [2.45, 2.75) is 12.0 Å². The van der Waals surface area contributed by atoms with Crippen molar-refractivity contribution in [2.75, 3.05) is 7.11 Å². The summed E-state index contributed by atoms with van der Waals surface area (Å²) in [6.45, 7) is 0. The number of rotatable bonds is 3. The van der Waals surface area contributed by atoms with Gasteiger partial charge in [0.25, 0.3) is 0 Å². The summed E-state index contributed by atoms with van der Waals surface area (Å²) in [6.07, 6.45) is 2.07. The molecule has 0 spiro atoms. The molecule has 2 heteroatoms. The number of carbonyl (C=O) groups excluding carboxylic acids is 1. The Bertz CT molecular complexity index is 644. The van der Waals surface area contributed by atoms with Gasteiger partial charge >= 0.3 is 0 Å². The second kappa shape index (κ2) is 5.06. The van der Waals surface area contributed by atoms with Gasteiger partial charge in [-0.15, -0.1) is 0 Å². The molecule has 3 rings (SSSR count). The highest BCUT2D eigenvalue weighted by Gasteiger charge is 2.43. The number of methoxy groups -OCH3 is 1. The van der Waals surface area contributed by atoms with E-state index in [0.717, 1.165) is 16.7 Å². The van der Waals surface area contributed by atoms with Crippen LogP contribution in [0.3, 0.4) is 0 Å². The molecule has 0 aliphatic heterocycles. The highest BCUT2D eigenvalue weighted by molar-refractivity contribution is 6.05. The van der Waals surface area contributed by atoms with Crippen molar-refractivity contribution >= 4 is 11.4 Å². The monoisotopic (exact) mass is 264 g/mol. The summed E-state index contributed by atoms with van der Waals surface area (Å²) in [5.74, 6) is 0.106. The molecule has 0 aromatic heterocycles. The first-order valence-electron chi connectivity index (χ1n) is 6.67. The average molecular weight is 264 g/mol. The Morgan fingerprint density at radius 3 is 2.15 bits per heavy atom. The molecule has 1 aliphatic rings. The second-order valence-corrected chi connectivity index (χ2v) is 4.96. The number of benzene rings is 2. The van der Waals surface area contributed by atoms with E-state index in [9.17, 15) is 4.79 Å². The highest BCUT2D eigenvalue weighted by atomic mass is 16.5. The number of hydrogen-bond acceptors (Lipinski definition) is 2. The molecule has 1 aliphatic carbocycles. The van der Waals surface area contributed by atoms with E-state index in [0.29, 0.717) is 6.42 Å². The fourth-order valence-electron chi connectivity index (χ4n) is 2.87. The van der Waals surface area contributed by atoms with E-state index in [2.05, 4.69) is 0 Å². The van der Waals surface area contributed by atoms with Crippen LogP contribution >= 0.6 is 0 Å². The minimum atomic E-state index is -0.667. The van der Waals surface area contributed by atoms with Gasteiger partial charge in [0, 0.05) is 13.5 Å².